The monoisotopic (exact) mass is 355 g/mol. The van der Waals surface area contributed by atoms with E-state index in [9.17, 15) is 44.9 Å². The van der Waals surface area contributed by atoms with Crippen molar-refractivity contribution >= 4 is 15.8 Å². The lowest BCUT2D eigenvalue weighted by atomic mass is 10.2. The molecular weight excluding hydrogens is 352 g/mol. The summed E-state index contributed by atoms with van der Waals surface area (Å²) in [5.74, 6) is -3.97. The Balaban J connectivity index is 3.90. The number of aromatic nitrogens is 1. The van der Waals surface area contributed by atoms with Crippen molar-refractivity contribution in [2.45, 2.75) is 17.4 Å². The summed E-state index contributed by atoms with van der Waals surface area (Å²) in [6, 6.07) is 0. The molecule has 0 aliphatic carbocycles. The van der Waals surface area contributed by atoms with Crippen LogP contribution in [0.15, 0.2) is 11.1 Å². The predicted octanol–water partition coefficient (Wildman–Crippen LogP) is 1.55. The highest BCUT2D eigenvalue weighted by Gasteiger charge is 2.48. The molecule has 2 N–H and O–H groups in total. The summed E-state index contributed by atoms with van der Waals surface area (Å²) in [7, 11) is -5.47. The van der Waals surface area contributed by atoms with Crippen molar-refractivity contribution in [3.05, 3.63) is 21.9 Å². The molecule has 0 unspecified atom stereocenters. The molecule has 1 aromatic heterocycles. The Morgan fingerprint density at radius 1 is 1.23 bits per heavy atom. The summed E-state index contributed by atoms with van der Waals surface area (Å²) < 4.78 is 100. The predicted molar refractivity (Wildman–Crippen MR) is 53.9 cm³/mol. The van der Waals surface area contributed by atoms with Crippen LogP contribution in [0.2, 0.25) is 0 Å². The van der Waals surface area contributed by atoms with Gasteiger partial charge in [0.05, 0.1) is 0 Å². The maximum Gasteiger partial charge on any atom is 0.573 e. The van der Waals surface area contributed by atoms with Gasteiger partial charge in [0.1, 0.15) is 4.90 Å². The molecule has 0 radical (unpaired) electrons. The summed E-state index contributed by atoms with van der Waals surface area (Å²) in [5.41, 5.74) is -2.57. The van der Waals surface area contributed by atoms with Crippen LogP contribution in [0.1, 0.15) is 5.56 Å². The molecule has 0 aliphatic rings. The fourth-order valence-electron chi connectivity index (χ4n) is 1.34. The smallest absolute Gasteiger partial charge is 0.400 e. The number of nitro groups is 1. The van der Waals surface area contributed by atoms with Gasteiger partial charge in [0.2, 0.25) is 10.0 Å². The highest BCUT2D eigenvalue weighted by Crippen LogP contribution is 2.43. The van der Waals surface area contributed by atoms with Gasteiger partial charge >= 0.3 is 18.4 Å². The Hall–Kier alpha value is -2.16. The third-order valence-corrected chi connectivity index (χ3v) is 2.92. The van der Waals surface area contributed by atoms with Crippen LogP contribution < -0.4 is 9.88 Å². The molecule has 0 saturated heterocycles. The average molecular weight is 355 g/mol. The molecule has 1 aromatic rings. The molecule has 0 amide bonds. The highest BCUT2D eigenvalue weighted by atomic mass is 32.2. The second-order valence-electron chi connectivity index (χ2n) is 3.50. The van der Waals surface area contributed by atoms with Gasteiger partial charge < -0.3 is 14.9 Å². The van der Waals surface area contributed by atoms with Gasteiger partial charge in [-0.05, 0) is 9.91 Å². The molecule has 1 rings (SSSR count). The summed E-state index contributed by atoms with van der Waals surface area (Å²) in [6.07, 6.45) is -11.5. The number of primary sulfonamides is 1. The standard InChI is InChI=1S/C7H3F6N3O5S/c8-6(9,10)3-4(22(14,19)20)2(21-7(11,12)13)1-15-5(3)16(17)18/h1H,(H2,14,19,20). The first kappa shape index (κ1) is 17.9. The first-order valence-electron chi connectivity index (χ1n) is 4.67. The summed E-state index contributed by atoms with van der Waals surface area (Å²) >= 11 is 0. The number of hydrogen-bond donors (Lipinski definition) is 1. The molecule has 0 fully saturated rings. The van der Waals surface area contributed by atoms with Gasteiger partial charge in [-0.1, -0.05) is 0 Å². The van der Waals surface area contributed by atoms with Crippen LogP contribution >= 0.6 is 0 Å². The Bertz CT molecular complexity index is 713. The van der Waals surface area contributed by atoms with E-state index in [1.807, 2.05) is 0 Å². The third-order valence-electron chi connectivity index (χ3n) is 1.95. The van der Waals surface area contributed by atoms with E-state index >= 15 is 0 Å². The Kier molecular flexibility index (Phi) is 4.26. The molecule has 0 spiro atoms. The van der Waals surface area contributed by atoms with Crippen LogP contribution in [0, 0.1) is 10.1 Å². The van der Waals surface area contributed by atoms with Gasteiger partial charge in [-0.15, -0.1) is 13.2 Å². The Labute approximate surface area is 116 Å². The van der Waals surface area contributed by atoms with Gasteiger partial charge in [0.25, 0.3) is 0 Å². The van der Waals surface area contributed by atoms with Gasteiger partial charge in [-0.3, -0.25) is 0 Å². The fraction of sp³-hybridized carbons (Fsp3) is 0.286. The summed E-state index contributed by atoms with van der Waals surface area (Å²) in [5, 5.41) is 14.9. The fourth-order valence-corrected chi connectivity index (χ4v) is 2.21. The second-order valence-corrected chi connectivity index (χ2v) is 5.00. The van der Waals surface area contributed by atoms with Crippen molar-refractivity contribution in [3.8, 4) is 5.75 Å². The van der Waals surface area contributed by atoms with Crippen LogP contribution in [-0.4, -0.2) is 24.7 Å². The Morgan fingerprint density at radius 2 is 1.73 bits per heavy atom. The molecule has 0 aliphatic heterocycles. The van der Waals surface area contributed by atoms with E-state index in [1.165, 1.54) is 0 Å². The number of pyridine rings is 1. The van der Waals surface area contributed by atoms with Crippen molar-refractivity contribution in [1.82, 2.24) is 4.98 Å². The maximum absolute atomic E-state index is 12.8. The summed E-state index contributed by atoms with van der Waals surface area (Å²) in [4.78, 5) is 9.06. The molecule has 124 valence electrons. The molecule has 0 saturated carbocycles. The zero-order chi connectivity index (χ0) is 17.5. The number of alkyl halides is 6. The first-order chi connectivity index (χ1) is 9.64. The van der Waals surface area contributed by atoms with E-state index in [4.69, 9.17) is 0 Å². The van der Waals surface area contributed by atoms with Gasteiger partial charge in [-0.25, -0.2) is 13.6 Å². The molecule has 15 heteroatoms. The number of nitrogens with two attached hydrogens (primary N) is 1. The lowest BCUT2D eigenvalue weighted by Crippen LogP contribution is -2.25. The van der Waals surface area contributed by atoms with Crippen molar-refractivity contribution in [2.24, 2.45) is 5.14 Å². The minimum atomic E-state index is -5.73. The third kappa shape index (κ3) is 3.94. The van der Waals surface area contributed by atoms with Crippen LogP contribution in [0.4, 0.5) is 32.2 Å². The lowest BCUT2D eigenvalue weighted by Gasteiger charge is -2.15. The number of rotatable bonds is 3. The SMILES string of the molecule is NS(=O)(=O)c1c(OC(F)(F)F)cnc([N+](=O)[O-])c1C(F)(F)F. The number of ether oxygens (including phenoxy) is 1. The maximum atomic E-state index is 12.8. The zero-order valence-corrected chi connectivity index (χ0v) is 10.6. The number of nitrogens with zero attached hydrogens (tertiary/aromatic N) is 2. The molecular formula is C7H3F6N3O5S. The second kappa shape index (κ2) is 5.24. The van der Waals surface area contributed by atoms with E-state index in [2.05, 4.69) is 14.9 Å². The van der Waals surface area contributed by atoms with E-state index in [1.54, 1.807) is 0 Å². The minimum absolute atomic E-state index is 0.194. The van der Waals surface area contributed by atoms with Gasteiger partial charge in [0.15, 0.2) is 17.5 Å². The van der Waals surface area contributed by atoms with Crippen LogP contribution in [0.25, 0.3) is 0 Å². The molecule has 1 heterocycles. The van der Waals surface area contributed by atoms with Crippen LogP contribution in [-0.2, 0) is 16.2 Å². The van der Waals surface area contributed by atoms with Gasteiger partial charge in [0, 0.05) is 0 Å². The number of hydrogen-bond acceptors (Lipinski definition) is 6. The van der Waals surface area contributed by atoms with Crippen molar-refractivity contribution in [2.75, 3.05) is 0 Å². The van der Waals surface area contributed by atoms with Crippen molar-refractivity contribution in [1.29, 1.82) is 0 Å². The minimum Gasteiger partial charge on any atom is -0.400 e. The lowest BCUT2D eigenvalue weighted by molar-refractivity contribution is -0.393. The van der Waals surface area contributed by atoms with E-state index in [0.717, 1.165) is 0 Å². The molecule has 0 atom stereocenters. The number of sulfonamides is 1. The average Bonchev–Trinajstić information content (AvgIpc) is 2.22. The van der Waals surface area contributed by atoms with E-state index in [0.29, 0.717) is 0 Å². The Morgan fingerprint density at radius 3 is 2.05 bits per heavy atom. The largest absolute Gasteiger partial charge is 0.573 e. The van der Waals surface area contributed by atoms with Crippen LogP contribution in [0.5, 0.6) is 5.75 Å². The van der Waals surface area contributed by atoms with Crippen molar-refractivity contribution in [3.63, 3.8) is 0 Å². The molecule has 0 bridgehead atoms. The van der Waals surface area contributed by atoms with E-state index < -0.39 is 49.5 Å². The topological polar surface area (TPSA) is 125 Å². The highest BCUT2D eigenvalue weighted by molar-refractivity contribution is 7.89. The summed E-state index contributed by atoms with van der Waals surface area (Å²) in [6.45, 7) is 0. The molecule has 0 aromatic carbocycles. The van der Waals surface area contributed by atoms with Crippen LogP contribution in [0.3, 0.4) is 0 Å². The number of halogens is 6. The van der Waals surface area contributed by atoms with Crippen molar-refractivity contribution < 1.29 is 44.4 Å². The molecule has 22 heavy (non-hydrogen) atoms. The van der Waals surface area contributed by atoms with Gasteiger partial charge in [-0.2, -0.15) is 13.2 Å². The quantitative estimate of drug-likeness (QED) is 0.498. The first-order valence-corrected chi connectivity index (χ1v) is 6.22. The molecule has 8 nitrogen and oxygen atoms in total. The zero-order valence-electron chi connectivity index (χ0n) is 9.77. The van der Waals surface area contributed by atoms with E-state index in [-0.39, 0.29) is 6.20 Å². The normalized spacial score (nSPS) is 13.0.